The van der Waals surface area contributed by atoms with Crippen LogP contribution in [0.5, 0.6) is 0 Å². The third-order valence-corrected chi connectivity index (χ3v) is 5.49. The molecular weight excluding hydrogens is 314 g/mol. The Labute approximate surface area is 128 Å². The van der Waals surface area contributed by atoms with Gasteiger partial charge in [0, 0.05) is 24.8 Å². The molecule has 0 fully saturated rings. The molecule has 8 heteroatoms. The van der Waals surface area contributed by atoms with Crippen molar-refractivity contribution in [1.82, 2.24) is 9.46 Å². The summed E-state index contributed by atoms with van der Waals surface area (Å²) in [5, 5.41) is 3.91. The lowest BCUT2D eigenvalue weighted by Gasteiger charge is -2.18. The number of aromatic nitrogens is 1. The van der Waals surface area contributed by atoms with E-state index in [0.717, 1.165) is 5.56 Å². The number of hydrogen-bond acceptors (Lipinski definition) is 5. The molecular formula is C13H16ClN3O3S. The van der Waals surface area contributed by atoms with Crippen LogP contribution in [0.3, 0.4) is 0 Å². The third kappa shape index (κ3) is 3.04. The van der Waals surface area contributed by atoms with E-state index in [1.165, 1.54) is 29.6 Å². The molecule has 0 aliphatic heterocycles. The first-order chi connectivity index (χ1) is 9.73. The number of hydrogen-bond donors (Lipinski definition) is 1. The molecule has 2 rings (SSSR count). The van der Waals surface area contributed by atoms with Gasteiger partial charge in [-0.2, -0.15) is 4.31 Å². The molecule has 1 heterocycles. The quantitative estimate of drug-likeness (QED) is 0.870. The van der Waals surface area contributed by atoms with E-state index >= 15 is 0 Å². The number of nitrogens with two attached hydrogens (primary N) is 1. The molecule has 2 aromatic rings. The molecule has 0 bridgehead atoms. The molecule has 0 aliphatic rings. The zero-order chi connectivity index (χ0) is 15.8. The van der Waals surface area contributed by atoms with Gasteiger partial charge in [0.25, 0.3) is 0 Å². The van der Waals surface area contributed by atoms with Crippen molar-refractivity contribution in [3.05, 3.63) is 40.2 Å². The van der Waals surface area contributed by atoms with E-state index in [2.05, 4.69) is 5.16 Å². The second-order valence-corrected chi connectivity index (χ2v) is 7.17. The first-order valence-corrected chi connectivity index (χ1v) is 7.98. The van der Waals surface area contributed by atoms with Crippen LogP contribution in [0.1, 0.15) is 17.0 Å². The fourth-order valence-electron chi connectivity index (χ4n) is 1.93. The van der Waals surface area contributed by atoms with E-state index in [-0.39, 0.29) is 16.5 Å². The molecule has 1 aromatic heterocycles. The van der Waals surface area contributed by atoms with Gasteiger partial charge >= 0.3 is 0 Å². The molecule has 21 heavy (non-hydrogen) atoms. The molecule has 0 radical (unpaired) electrons. The normalized spacial score (nSPS) is 12.0. The number of nitrogen functional groups attached to an aromatic ring is 1. The fraction of sp³-hybridized carbons (Fsp3) is 0.308. The van der Waals surface area contributed by atoms with Crippen LogP contribution in [0, 0.1) is 13.8 Å². The topological polar surface area (TPSA) is 89.4 Å². The number of benzene rings is 1. The molecule has 0 saturated carbocycles. The van der Waals surface area contributed by atoms with Gasteiger partial charge in [-0.3, -0.25) is 0 Å². The van der Waals surface area contributed by atoms with E-state index in [4.69, 9.17) is 21.9 Å². The largest absolute Gasteiger partial charge is 0.399 e. The Hall–Kier alpha value is -1.57. The highest BCUT2D eigenvalue weighted by Gasteiger charge is 2.25. The van der Waals surface area contributed by atoms with Crippen LogP contribution in [0.15, 0.2) is 27.6 Å². The number of rotatable bonds is 4. The molecule has 0 aliphatic carbocycles. The maximum absolute atomic E-state index is 12.6. The van der Waals surface area contributed by atoms with Crippen molar-refractivity contribution in [2.45, 2.75) is 25.3 Å². The second kappa shape index (κ2) is 5.67. The highest BCUT2D eigenvalue weighted by Crippen LogP contribution is 2.27. The molecule has 6 nitrogen and oxygen atoms in total. The van der Waals surface area contributed by atoms with Gasteiger partial charge in [-0.1, -0.05) is 16.8 Å². The number of halogens is 1. The van der Waals surface area contributed by atoms with E-state index in [1.807, 2.05) is 0 Å². The molecule has 1 aromatic carbocycles. The maximum atomic E-state index is 12.6. The predicted molar refractivity (Wildman–Crippen MR) is 80.5 cm³/mol. The minimum Gasteiger partial charge on any atom is -0.399 e. The number of anilines is 1. The first-order valence-electron chi connectivity index (χ1n) is 6.16. The molecule has 2 N–H and O–H groups in total. The zero-order valence-electron chi connectivity index (χ0n) is 11.9. The van der Waals surface area contributed by atoms with Crippen molar-refractivity contribution in [3.63, 3.8) is 0 Å². The summed E-state index contributed by atoms with van der Waals surface area (Å²) in [6.45, 7) is 3.67. The summed E-state index contributed by atoms with van der Waals surface area (Å²) in [6.07, 6.45) is 0. The van der Waals surface area contributed by atoms with Gasteiger partial charge in [-0.15, -0.1) is 0 Å². The molecule has 0 spiro atoms. The lowest BCUT2D eigenvalue weighted by Crippen LogP contribution is -2.27. The summed E-state index contributed by atoms with van der Waals surface area (Å²) in [6, 6.07) is 4.32. The van der Waals surface area contributed by atoms with Gasteiger partial charge in [0.2, 0.25) is 10.0 Å². The van der Waals surface area contributed by atoms with Gasteiger partial charge in [-0.25, -0.2) is 8.42 Å². The van der Waals surface area contributed by atoms with Crippen LogP contribution < -0.4 is 5.73 Å². The van der Waals surface area contributed by atoms with Gasteiger partial charge in [0.05, 0.1) is 10.7 Å². The van der Waals surface area contributed by atoms with Gasteiger partial charge in [0.1, 0.15) is 10.7 Å². The monoisotopic (exact) mass is 329 g/mol. The minimum atomic E-state index is -3.72. The number of aryl methyl sites for hydroxylation is 2. The lowest BCUT2D eigenvalue weighted by atomic mass is 10.2. The summed E-state index contributed by atoms with van der Waals surface area (Å²) < 4.78 is 31.4. The molecule has 114 valence electrons. The van der Waals surface area contributed by atoms with E-state index in [1.54, 1.807) is 13.8 Å². The Morgan fingerprint density at radius 2 is 2.05 bits per heavy atom. The Bertz CT molecular complexity index is 751. The van der Waals surface area contributed by atoms with Gasteiger partial charge in [0.15, 0.2) is 0 Å². The van der Waals surface area contributed by atoms with Crippen molar-refractivity contribution in [1.29, 1.82) is 0 Å². The van der Waals surface area contributed by atoms with E-state index in [9.17, 15) is 8.42 Å². The summed E-state index contributed by atoms with van der Waals surface area (Å²) in [5.41, 5.74) is 7.40. The van der Waals surface area contributed by atoms with Crippen LogP contribution in [0.2, 0.25) is 5.02 Å². The van der Waals surface area contributed by atoms with Crippen molar-refractivity contribution in [2.75, 3.05) is 12.8 Å². The lowest BCUT2D eigenvalue weighted by molar-refractivity contribution is 0.390. The second-order valence-electron chi connectivity index (χ2n) is 4.75. The van der Waals surface area contributed by atoms with E-state index in [0.29, 0.717) is 17.1 Å². The van der Waals surface area contributed by atoms with Crippen LogP contribution >= 0.6 is 11.6 Å². The Morgan fingerprint density at radius 1 is 1.38 bits per heavy atom. The van der Waals surface area contributed by atoms with Crippen molar-refractivity contribution < 1.29 is 12.9 Å². The number of nitrogens with zero attached hydrogens (tertiary/aromatic N) is 2. The predicted octanol–water partition coefficient (Wildman–Crippen LogP) is 2.35. The molecule has 0 unspecified atom stereocenters. The van der Waals surface area contributed by atoms with Crippen LogP contribution in [0.4, 0.5) is 5.69 Å². The van der Waals surface area contributed by atoms with Crippen molar-refractivity contribution in [2.24, 2.45) is 0 Å². The van der Waals surface area contributed by atoms with Crippen molar-refractivity contribution in [3.8, 4) is 0 Å². The summed E-state index contributed by atoms with van der Waals surface area (Å²) in [7, 11) is -2.24. The Balaban J connectivity index is 2.35. The highest BCUT2D eigenvalue weighted by molar-refractivity contribution is 7.89. The number of sulfonamides is 1. The molecule has 0 amide bonds. The Morgan fingerprint density at radius 3 is 2.57 bits per heavy atom. The summed E-state index contributed by atoms with van der Waals surface area (Å²) in [4.78, 5) is 0.0210. The Kier molecular flexibility index (Phi) is 4.27. The van der Waals surface area contributed by atoms with Crippen LogP contribution in [-0.2, 0) is 16.6 Å². The van der Waals surface area contributed by atoms with Gasteiger partial charge < -0.3 is 10.3 Å². The first kappa shape index (κ1) is 15.8. The third-order valence-electron chi connectivity index (χ3n) is 3.21. The zero-order valence-corrected chi connectivity index (χ0v) is 13.5. The van der Waals surface area contributed by atoms with Crippen molar-refractivity contribution >= 4 is 27.3 Å². The molecule has 0 atom stereocenters. The van der Waals surface area contributed by atoms with Crippen LogP contribution in [0.25, 0.3) is 0 Å². The minimum absolute atomic E-state index is 0.0210. The fourth-order valence-corrected chi connectivity index (χ4v) is 3.59. The van der Waals surface area contributed by atoms with Crippen LogP contribution in [-0.4, -0.2) is 24.9 Å². The maximum Gasteiger partial charge on any atom is 0.244 e. The smallest absolute Gasteiger partial charge is 0.244 e. The highest BCUT2D eigenvalue weighted by atomic mass is 35.5. The summed E-state index contributed by atoms with van der Waals surface area (Å²) in [5.74, 6) is 0.595. The summed E-state index contributed by atoms with van der Waals surface area (Å²) >= 11 is 5.99. The SMILES string of the molecule is Cc1noc(C)c1CN(C)S(=O)(=O)c1ccc(N)cc1Cl. The molecule has 0 saturated heterocycles. The van der Waals surface area contributed by atoms with E-state index < -0.39 is 10.0 Å². The van der Waals surface area contributed by atoms with Gasteiger partial charge in [-0.05, 0) is 32.0 Å². The average Bonchev–Trinajstić information content (AvgIpc) is 2.70. The standard InChI is InChI=1S/C13H16ClN3O3S/c1-8-11(9(2)20-16-8)7-17(3)21(18,19)13-5-4-10(15)6-12(13)14/h4-6H,7,15H2,1-3H3. The average molecular weight is 330 g/mol.